The van der Waals surface area contributed by atoms with E-state index in [1.165, 1.54) is 29.2 Å². The number of thiophene rings is 1. The van der Waals surface area contributed by atoms with Crippen molar-refractivity contribution in [2.75, 3.05) is 7.11 Å². The minimum absolute atomic E-state index is 0.0896. The number of carbonyl (C=O) groups excluding carboxylic acids is 1. The van der Waals surface area contributed by atoms with Crippen molar-refractivity contribution in [1.82, 2.24) is 19.5 Å². The molecule has 3 aromatic heterocycles. The van der Waals surface area contributed by atoms with Crippen molar-refractivity contribution in [3.05, 3.63) is 45.2 Å². The zero-order valence-corrected chi connectivity index (χ0v) is 12.2. The maximum atomic E-state index is 12.0. The van der Waals surface area contributed by atoms with Gasteiger partial charge in [0, 0.05) is 0 Å². The first-order valence-electron chi connectivity index (χ1n) is 5.68. The number of ether oxygens (including phenoxy) is 1. The van der Waals surface area contributed by atoms with Crippen LogP contribution < -0.4 is 5.56 Å². The lowest BCUT2D eigenvalue weighted by molar-refractivity contribution is 0.0587. The van der Waals surface area contributed by atoms with Crippen molar-refractivity contribution < 1.29 is 9.53 Å². The highest BCUT2D eigenvalue weighted by Crippen LogP contribution is 2.26. The molecule has 3 heterocycles. The summed E-state index contributed by atoms with van der Waals surface area (Å²) in [6.07, 6.45) is 2.44. The normalized spacial score (nSPS) is 10.8. The number of esters is 1. The minimum Gasteiger partial charge on any atom is -0.463 e. The predicted molar refractivity (Wildman–Crippen MR) is 77.2 cm³/mol. The molecule has 0 aliphatic rings. The van der Waals surface area contributed by atoms with E-state index >= 15 is 0 Å². The van der Waals surface area contributed by atoms with E-state index in [1.807, 2.05) is 0 Å². The van der Waals surface area contributed by atoms with Gasteiger partial charge in [-0.25, -0.2) is 19.3 Å². The van der Waals surface area contributed by atoms with E-state index < -0.39 is 11.5 Å². The molecule has 0 spiro atoms. The lowest BCUT2D eigenvalue weighted by Gasteiger charge is -2.08. The standard InChI is InChI=1S/C12H7ClN4O3S/c1-20-12(19)10-15-6-2-3-21-9(6)11(16-10)17-7(13)4-14-5-8(17)18/h2-5H,1H3. The molecule has 3 aromatic rings. The number of rotatable bonds is 2. The molecule has 0 aliphatic heterocycles. The van der Waals surface area contributed by atoms with Crippen molar-refractivity contribution in [1.29, 1.82) is 0 Å². The van der Waals surface area contributed by atoms with Crippen LogP contribution in [-0.4, -0.2) is 32.6 Å². The van der Waals surface area contributed by atoms with Crippen LogP contribution in [0.5, 0.6) is 0 Å². The first kappa shape index (κ1) is 13.7. The van der Waals surface area contributed by atoms with E-state index in [4.69, 9.17) is 11.6 Å². The Kier molecular flexibility index (Phi) is 3.40. The van der Waals surface area contributed by atoms with Gasteiger partial charge in [-0.15, -0.1) is 11.3 Å². The Morgan fingerprint density at radius 2 is 2.19 bits per heavy atom. The SMILES string of the molecule is COC(=O)c1nc(-n2c(Cl)cncc2=O)c2sccc2n1. The summed E-state index contributed by atoms with van der Waals surface area (Å²) in [5.41, 5.74) is 0.0805. The summed E-state index contributed by atoms with van der Waals surface area (Å²) in [5, 5.41) is 1.87. The monoisotopic (exact) mass is 322 g/mol. The summed E-state index contributed by atoms with van der Waals surface area (Å²) in [4.78, 5) is 35.6. The lowest BCUT2D eigenvalue weighted by atomic mass is 10.4. The van der Waals surface area contributed by atoms with Gasteiger partial charge in [-0.3, -0.25) is 9.78 Å². The molecule has 0 atom stereocenters. The van der Waals surface area contributed by atoms with E-state index in [1.54, 1.807) is 11.4 Å². The molecule has 3 rings (SSSR count). The van der Waals surface area contributed by atoms with Gasteiger partial charge < -0.3 is 4.74 Å². The molecule has 0 saturated carbocycles. The summed E-state index contributed by atoms with van der Waals surface area (Å²) in [6, 6.07) is 1.72. The Morgan fingerprint density at radius 1 is 1.38 bits per heavy atom. The molecule has 9 heteroatoms. The van der Waals surface area contributed by atoms with Crippen LogP contribution in [0.25, 0.3) is 16.0 Å². The predicted octanol–water partition coefficient (Wildman–Crippen LogP) is 1.68. The quantitative estimate of drug-likeness (QED) is 0.667. The van der Waals surface area contributed by atoms with Crippen LogP contribution in [0.15, 0.2) is 28.6 Å². The number of hydrogen-bond acceptors (Lipinski definition) is 7. The van der Waals surface area contributed by atoms with Gasteiger partial charge in [0.2, 0.25) is 5.82 Å². The lowest BCUT2D eigenvalue weighted by Crippen LogP contribution is -2.21. The van der Waals surface area contributed by atoms with Crippen molar-refractivity contribution in [3.63, 3.8) is 0 Å². The van der Waals surface area contributed by atoms with Crippen LogP contribution in [0, 0.1) is 0 Å². The molecular weight excluding hydrogens is 316 g/mol. The molecule has 0 radical (unpaired) electrons. The van der Waals surface area contributed by atoms with Crippen LogP contribution in [0.3, 0.4) is 0 Å². The molecule has 0 N–H and O–H groups in total. The first-order valence-corrected chi connectivity index (χ1v) is 6.94. The van der Waals surface area contributed by atoms with Crippen LogP contribution in [-0.2, 0) is 4.74 Å². The molecule has 0 bridgehead atoms. The van der Waals surface area contributed by atoms with Gasteiger partial charge in [0.25, 0.3) is 5.56 Å². The van der Waals surface area contributed by atoms with Crippen molar-refractivity contribution >= 4 is 39.1 Å². The molecule has 0 aromatic carbocycles. The summed E-state index contributed by atoms with van der Waals surface area (Å²) in [5.74, 6) is -0.603. The second-order valence-electron chi connectivity index (χ2n) is 3.90. The fourth-order valence-corrected chi connectivity index (χ4v) is 2.80. The molecular formula is C12H7ClN4O3S. The minimum atomic E-state index is -0.692. The van der Waals surface area contributed by atoms with Crippen LogP contribution in [0.4, 0.5) is 0 Å². The fourth-order valence-electron chi connectivity index (χ4n) is 1.77. The number of hydrogen-bond donors (Lipinski definition) is 0. The molecule has 21 heavy (non-hydrogen) atoms. The topological polar surface area (TPSA) is 87.0 Å². The van der Waals surface area contributed by atoms with E-state index in [0.29, 0.717) is 10.2 Å². The molecule has 106 valence electrons. The second kappa shape index (κ2) is 5.23. The highest BCUT2D eigenvalue weighted by Gasteiger charge is 2.18. The third kappa shape index (κ3) is 2.28. The maximum absolute atomic E-state index is 12.0. The molecule has 0 amide bonds. The van der Waals surface area contributed by atoms with Crippen LogP contribution >= 0.6 is 22.9 Å². The van der Waals surface area contributed by atoms with Crippen molar-refractivity contribution in [2.24, 2.45) is 0 Å². The van der Waals surface area contributed by atoms with E-state index in [9.17, 15) is 9.59 Å². The number of nitrogens with zero attached hydrogens (tertiary/aromatic N) is 4. The average Bonchev–Trinajstić information content (AvgIpc) is 2.94. The average molecular weight is 323 g/mol. The zero-order chi connectivity index (χ0) is 15.0. The zero-order valence-electron chi connectivity index (χ0n) is 10.6. The number of halogens is 1. The van der Waals surface area contributed by atoms with Gasteiger partial charge in [-0.05, 0) is 11.4 Å². The largest absolute Gasteiger partial charge is 0.463 e. The number of carbonyl (C=O) groups is 1. The summed E-state index contributed by atoms with van der Waals surface area (Å²) in [6.45, 7) is 0. The highest BCUT2D eigenvalue weighted by molar-refractivity contribution is 7.17. The van der Waals surface area contributed by atoms with Gasteiger partial charge in [0.1, 0.15) is 5.15 Å². The Balaban J connectivity index is 2.38. The van der Waals surface area contributed by atoms with Crippen molar-refractivity contribution in [3.8, 4) is 5.82 Å². The number of methoxy groups -OCH3 is 1. The van der Waals surface area contributed by atoms with Gasteiger partial charge in [-0.2, -0.15) is 0 Å². The van der Waals surface area contributed by atoms with Gasteiger partial charge in [0.15, 0.2) is 5.82 Å². The molecule has 0 fully saturated rings. The summed E-state index contributed by atoms with van der Waals surface area (Å²) in [7, 11) is 1.23. The van der Waals surface area contributed by atoms with Crippen LogP contribution in [0.1, 0.15) is 10.6 Å². The maximum Gasteiger partial charge on any atom is 0.376 e. The number of aromatic nitrogens is 4. The van der Waals surface area contributed by atoms with E-state index in [0.717, 1.165) is 6.20 Å². The molecule has 7 nitrogen and oxygen atoms in total. The van der Waals surface area contributed by atoms with Gasteiger partial charge >= 0.3 is 5.97 Å². The van der Waals surface area contributed by atoms with E-state index in [-0.39, 0.29) is 16.8 Å². The molecule has 0 unspecified atom stereocenters. The fraction of sp³-hybridized carbons (Fsp3) is 0.0833. The van der Waals surface area contributed by atoms with Gasteiger partial charge in [0.05, 0.1) is 29.7 Å². The Labute approximate surface area is 126 Å². The third-order valence-electron chi connectivity index (χ3n) is 2.67. The second-order valence-corrected chi connectivity index (χ2v) is 5.20. The smallest absolute Gasteiger partial charge is 0.376 e. The third-order valence-corrected chi connectivity index (χ3v) is 3.83. The Bertz CT molecular complexity index is 905. The van der Waals surface area contributed by atoms with Gasteiger partial charge in [-0.1, -0.05) is 11.6 Å². The Morgan fingerprint density at radius 3 is 2.90 bits per heavy atom. The molecule has 0 aliphatic carbocycles. The van der Waals surface area contributed by atoms with Crippen molar-refractivity contribution in [2.45, 2.75) is 0 Å². The first-order chi connectivity index (χ1) is 10.1. The highest BCUT2D eigenvalue weighted by atomic mass is 35.5. The summed E-state index contributed by atoms with van der Waals surface area (Å²) < 4.78 is 6.42. The molecule has 0 saturated heterocycles. The summed E-state index contributed by atoms with van der Waals surface area (Å²) >= 11 is 7.36. The van der Waals surface area contributed by atoms with E-state index in [2.05, 4.69) is 19.7 Å². The number of fused-ring (bicyclic) bond motifs is 1. The Hall–Kier alpha value is -2.32. The van der Waals surface area contributed by atoms with Crippen LogP contribution in [0.2, 0.25) is 5.15 Å².